The Labute approximate surface area is 272 Å². The zero-order chi connectivity index (χ0) is 31.9. The van der Waals surface area contributed by atoms with Crippen LogP contribution in [0.2, 0.25) is 0 Å². The Bertz CT molecular complexity index is 2160. The summed E-state index contributed by atoms with van der Waals surface area (Å²) in [5, 5.41) is 14.9. The molecule has 4 heterocycles. The molecule has 0 bridgehead atoms. The number of hydrogen-bond acceptors (Lipinski definition) is 6. The number of fused-ring (bicyclic) bond motifs is 3. The number of nitrogen functional groups attached to an aromatic ring is 1. The van der Waals surface area contributed by atoms with Crippen molar-refractivity contribution in [1.29, 1.82) is 0 Å². The van der Waals surface area contributed by atoms with Crippen LogP contribution in [0.15, 0.2) is 47.2 Å². The normalized spacial score (nSPS) is 16.4. The van der Waals surface area contributed by atoms with Gasteiger partial charge in [0.2, 0.25) is 0 Å². The van der Waals surface area contributed by atoms with Gasteiger partial charge in [0.15, 0.2) is 5.82 Å². The van der Waals surface area contributed by atoms with Crippen LogP contribution in [0.4, 0.5) is 0 Å². The van der Waals surface area contributed by atoms with E-state index in [1.54, 1.807) is 28.7 Å². The molecule has 6 aromatic rings. The van der Waals surface area contributed by atoms with Gasteiger partial charge in [-0.05, 0) is 96.3 Å². The maximum Gasteiger partial charge on any atom is 0.352 e. The second kappa shape index (κ2) is 10.4. The molecular formula is C34H33BrN8O3. The van der Waals surface area contributed by atoms with E-state index in [2.05, 4.69) is 36.2 Å². The number of rotatable bonds is 6. The predicted molar refractivity (Wildman–Crippen MR) is 179 cm³/mol. The molecule has 8 rings (SSSR count). The molecule has 0 aliphatic heterocycles. The van der Waals surface area contributed by atoms with E-state index in [0.717, 1.165) is 80.7 Å². The molecule has 46 heavy (non-hydrogen) atoms. The number of amides is 1. The first-order chi connectivity index (χ1) is 22.1. The SMILES string of the molecule is Cc1c(C(=O)O)n(C)c2cc3nc(C4(NC(=O)c5ccc6c(C7CCCC7)c(-c7ncc(Br)cn7)n(N)c6c5)CCC4)[nH]c3cc12. The van der Waals surface area contributed by atoms with E-state index in [-0.39, 0.29) is 11.6 Å². The van der Waals surface area contributed by atoms with Crippen LogP contribution in [-0.4, -0.2) is 46.2 Å². The number of nitrogens with zero attached hydrogens (tertiary/aromatic N) is 5. The summed E-state index contributed by atoms with van der Waals surface area (Å²) in [6.45, 7) is 1.82. The van der Waals surface area contributed by atoms with Gasteiger partial charge in [0, 0.05) is 35.8 Å². The molecule has 2 aliphatic carbocycles. The highest BCUT2D eigenvalue weighted by atomic mass is 79.9. The number of hydrogen-bond donors (Lipinski definition) is 4. The van der Waals surface area contributed by atoms with Gasteiger partial charge in [0.25, 0.3) is 5.91 Å². The number of aryl methyl sites for hydroxylation is 2. The number of carboxylic acid groups (broad SMARTS) is 1. The van der Waals surface area contributed by atoms with Gasteiger partial charge in [-0.15, -0.1) is 0 Å². The van der Waals surface area contributed by atoms with Gasteiger partial charge in [-0.25, -0.2) is 19.7 Å². The van der Waals surface area contributed by atoms with Crippen molar-refractivity contribution in [2.45, 2.75) is 63.3 Å². The van der Waals surface area contributed by atoms with Crippen molar-refractivity contribution in [3.8, 4) is 11.5 Å². The molecule has 0 radical (unpaired) electrons. The van der Waals surface area contributed by atoms with E-state index in [9.17, 15) is 14.7 Å². The van der Waals surface area contributed by atoms with Crippen LogP contribution >= 0.6 is 15.9 Å². The molecule has 1 amide bonds. The largest absolute Gasteiger partial charge is 0.477 e. The van der Waals surface area contributed by atoms with Crippen molar-refractivity contribution in [3.63, 3.8) is 0 Å². The Hall–Kier alpha value is -4.71. The summed E-state index contributed by atoms with van der Waals surface area (Å²) in [6, 6.07) is 9.62. The zero-order valence-electron chi connectivity index (χ0n) is 25.5. The number of nitrogens with two attached hydrogens (primary N) is 1. The average molecular weight is 682 g/mol. The van der Waals surface area contributed by atoms with Gasteiger partial charge in [-0.2, -0.15) is 0 Å². The maximum absolute atomic E-state index is 13.9. The number of carboxylic acids is 1. The van der Waals surface area contributed by atoms with Crippen LogP contribution < -0.4 is 11.2 Å². The monoisotopic (exact) mass is 680 g/mol. The van der Waals surface area contributed by atoms with Crippen molar-refractivity contribution in [2.24, 2.45) is 7.05 Å². The van der Waals surface area contributed by atoms with Crippen molar-refractivity contribution >= 4 is 60.6 Å². The number of halogens is 1. The Morgan fingerprint density at radius 3 is 2.48 bits per heavy atom. The Kier molecular flexibility index (Phi) is 6.51. The summed E-state index contributed by atoms with van der Waals surface area (Å²) >= 11 is 3.43. The summed E-state index contributed by atoms with van der Waals surface area (Å²) in [6.07, 6.45) is 10.4. The molecule has 2 aliphatic rings. The van der Waals surface area contributed by atoms with Gasteiger partial charge in [0.1, 0.15) is 17.2 Å². The highest BCUT2D eigenvalue weighted by Gasteiger charge is 2.43. The maximum atomic E-state index is 13.9. The van der Waals surface area contributed by atoms with E-state index in [1.165, 1.54) is 12.8 Å². The topological polar surface area (TPSA) is 157 Å². The molecule has 0 saturated heterocycles. The molecule has 0 atom stereocenters. The predicted octanol–water partition coefficient (Wildman–Crippen LogP) is 6.42. The number of aromatic carboxylic acids is 1. The Balaban J connectivity index is 1.16. The average Bonchev–Trinajstić information content (AvgIpc) is 3.80. The molecule has 5 N–H and O–H groups in total. The van der Waals surface area contributed by atoms with Crippen molar-refractivity contribution in [2.75, 3.05) is 5.84 Å². The summed E-state index contributed by atoms with van der Waals surface area (Å²) < 4.78 is 4.13. The molecule has 234 valence electrons. The van der Waals surface area contributed by atoms with Gasteiger partial charge in [0.05, 0.1) is 32.1 Å². The third kappa shape index (κ3) is 4.26. The minimum absolute atomic E-state index is 0.195. The molecule has 0 spiro atoms. The first-order valence-electron chi connectivity index (χ1n) is 15.6. The highest BCUT2D eigenvalue weighted by molar-refractivity contribution is 9.10. The fraction of sp³-hybridized carbons (Fsp3) is 0.324. The Morgan fingerprint density at radius 1 is 1.07 bits per heavy atom. The third-order valence-electron chi connectivity index (χ3n) is 10.2. The van der Waals surface area contributed by atoms with Crippen LogP contribution in [0.25, 0.3) is 44.4 Å². The van der Waals surface area contributed by atoms with Gasteiger partial charge in [-0.3, -0.25) is 9.47 Å². The number of benzene rings is 2. The minimum Gasteiger partial charge on any atom is -0.477 e. The number of carbonyl (C=O) groups is 2. The van der Waals surface area contributed by atoms with E-state index >= 15 is 0 Å². The van der Waals surface area contributed by atoms with Crippen LogP contribution in [0, 0.1) is 6.92 Å². The second-order valence-electron chi connectivity index (χ2n) is 12.8. The fourth-order valence-electron chi connectivity index (χ4n) is 7.66. The van der Waals surface area contributed by atoms with E-state index < -0.39 is 11.5 Å². The van der Waals surface area contributed by atoms with Gasteiger partial charge >= 0.3 is 5.97 Å². The van der Waals surface area contributed by atoms with Crippen LogP contribution in [0.5, 0.6) is 0 Å². The fourth-order valence-corrected chi connectivity index (χ4v) is 7.87. The Morgan fingerprint density at radius 2 is 1.80 bits per heavy atom. The quantitative estimate of drug-likeness (QED) is 0.148. The first kappa shape index (κ1) is 28.7. The van der Waals surface area contributed by atoms with Crippen molar-refractivity contribution < 1.29 is 14.7 Å². The highest BCUT2D eigenvalue weighted by Crippen LogP contribution is 2.44. The van der Waals surface area contributed by atoms with E-state index in [1.807, 2.05) is 37.3 Å². The summed E-state index contributed by atoms with van der Waals surface area (Å²) in [5.41, 5.74) is 5.91. The molecule has 0 unspecified atom stereocenters. The van der Waals surface area contributed by atoms with Gasteiger partial charge < -0.3 is 25.8 Å². The number of carbonyl (C=O) groups excluding carboxylic acids is 1. The molecule has 4 aromatic heterocycles. The standard InChI is InChI=1S/C34H33BrN8O3/c1-17-22-13-23-24(14-25(22)42(2)28(17)32(45)46)40-33(39-23)34(10-5-11-34)41-31(44)19-8-9-21-26(12-19)43(36)29(27(21)18-6-3-4-7-18)30-37-15-20(35)16-38-30/h8-9,12-16,18H,3-7,10-11,36H2,1-2H3,(H,39,40)(H,41,44)(H,45,46). The van der Waals surface area contributed by atoms with E-state index in [0.29, 0.717) is 28.7 Å². The van der Waals surface area contributed by atoms with Crippen LogP contribution in [0.1, 0.15) is 88.7 Å². The van der Waals surface area contributed by atoms with Crippen molar-refractivity contribution in [1.82, 2.24) is 34.5 Å². The smallest absolute Gasteiger partial charge is 0.352 e. The zero-order valence-corrected chi connectivity index (χ0v) is 27.1. The number of aromatic amines is 1. The minimum atomic E-state index is -0.961. The number of H-pyrrole nitrogens is 1. The number of aromatic nitrogens is 6. The number of imidazole rings is 1. The summed E-state index contributed by atoms with van der Waals surface area (Å²) in [5.74, 6) is 7.24. The lowest BCUT2D eigenvalue weighted by Crippen LogP contribution is -2.51. The summed E-state index contributed by atoms with van der Waals surface area (Å²) in [4.78, 5) is 43.3. The lowest BCUT2D eigenvalue weighted by Gasteiger charge is -2.40. The van der Waals surface area contributed by atoms with Crippen molar-refractivity contribution in [3.05, 3.63) is 75.4 Å². The molecule has 2 aromatic carbocycles. The molecular weight excluding hydrogens is 648 g/mol. The lowest BCUT2D eigenvalue weighted by atomic mass is 9.76. The number of nitrogens with one attached hydrogen (secondary N) is 2. The van der Waals surface area contributed by atoms with Gasteiger partial charge in [-0.1, -0.05) is 18.9 Å². The first-order valence-corrected chi connectivity index (χ1v) is 16.4. The third-order valence-corrected chi connectivity index (χ3v) is 10.6. The molecule has 12 heteroatoms. The molecule has 11 nitrogen and oxygen atoms in total. The summed E-state index contributed by atoms with van der Waals surface area (Å²) in [7, 11) is 1.76. The lowest BCUT2D eigenvalue weighted by molar-refractivity contribution is 0.0685. The molecule has 2 fully saturated rings. The second-order valence-corrected chi connectivity index (χ2v) is 13.7. The molecule has 2 saturated carbocycles. The van der Waals surface area contributed by atoms with Crippen LogP contribution in [-0.2, 0) is 12.6 Å². The van der Waals surface area contributed by atoms with Crippen LogP contribution in [0.3, 0.4) is 0 Å². The van der Waals surface area contributed by atoms with E-state index in [4.69, 9.17) is 10.8 Å².